The second-order valence-electron chi connectivity index (χ2n) is 4.49. The van der Waals surface area contributed by atoms with Gasteiger partial charge in [-0.2, -0.15) is 0 Å². The lowest BCUT2D eigenvalue weighted by atomic mass is 10.4. The third kappa shape index (κ3) is 9.12. The molecule has 0 rings (SSSR count). The summed E-state index contributed by atoms with van der Waals surface area (Å²) in [5.74, 6) is -0.268. The van der Waals surface area contributed by atoms with E-state index in [2.05, 4.69) is 13.5 Å². The number of esters is 1. The zero-order valence-corrected chi connectivity index (χ0v) is 12.6. The van der Waals surface area contributed by atoms with E-state index in [0.717, 1.165) is 13.0 Å². The molecule has 0 aromatic rings. The van der Waals surface area contributed by atoms with E-state index in [1.165, 1.54) is 24.6 Å². The first-order valence-corrected chi connectivity index (χ1v) is 8.88. The molecule has 4 heteroatoms. The van der Waals surface area contributed by atoms with Crippen LogP contribution in [0, 0.1) is 0 Å². The molecule has 17 heavy (non-hydrogen) atoms. The topological polar surface area (TPSA) is 35.5 Å². The Balaban J connectivity index is 3.66. The van der Waals surface area contributed by atoms with Gasteiger partial charge in [-0.1, -0.05) is 32.0 Å². The molecule has 100 valence electrons. The van der Waals surface area contributed by atoms with Gasteiger partial charge in [0.25, 0.3) is 0 Å². The summed E-state index contributed by atoms with van der Waals surface area (Å²) < 4.78 is 10.2. The normalized spacial score (nSPS) is 12.2. The summed E-state index contributed by atoms with van der Waals surface area (Å²) in [6.07, 6.45) is 2.24. The summed E-state index contributed by atoms with van der Waals surface area (Å²) in [6, 6.07) is 3.83. The smallest absolute Gasteiger partial charge is 0.333 e. The minimum absolute atomic E-state index is 0.268. The summed E-state index contributed by atoms with van der Waals surface area (Å²) in [5.41, 5.74) is 0.478. The van der Waals surface area contributed by atoms with Crippen LogP contribution in [0.1, 0.15) is 26.7 Å². The van der Waals surface area contributed by atoms with Crippen molar-refractivity contribution in [1.82, 2.24) is 0 Å². The van der Waals surface area contributed by atoms with Gasteiger partial charge in [-0.25, -0.2) is 4.79 Å². The van der Waals surface area contributed by atoms with Crippen molar-refractivity contribution >= 4 is 14.8 Å². The number of rotatable bonds is 10. The van der Waals surface area contributed by atoms with Gasteiger partial charge in [-0.3, -0.25) is 0 Å². The molecule has 0 aliphatic rings. The maximum absolute atomic E-state index is 11.2. The molecule has 1 unspecified atom stereocenters. The third-order valence-corrected chi connectivity index (χ3v) is 6.44. The van der Waals surface area contributed by atoms with E-state index in [9.17, 15) is 4.79 Å². The first kappa shape index (κ1) is 16.4. The van der Waals surface area contributed by atoms with Crippen LogP contribution >= 0.6 is 0 Å². The van der Waals surface area contributed by atoms with Crippen molar-refractivity contribution in [2.24, 2.45) is 0 Å². The fourth-order valence-corrected chi connectivity index (χ4v) is 4.78. The van der Waals surface area contributed by atoms with Crippen LogP contribution in [-0.2, 0) is 14.3 Å². The molecule has 0 aliphatic carbocycles. The zero-order valence-electron chi connectivity index (χ0n) is 11.5. The van der Waals surface area contributed by atoms with E-state index in [-0.39, 0.29) is 5.97 Å². The van der Waals surface area contributed by atoms with Gasteiger partial charge in [0.1, 0.15) is 0 Å². The Morgan fingerprint density at radius 3 is 2.47 bits per heavy atom. The van der Waals surface area contributed by atoms with Gasteiger partial charge in [0, 0.05) is 28.1 Å². The van der Waals surface area contributed by atoms with Crippen LogP contribution in [0.15, 0.2) is 12.2 Å². The summed E-state index contributed by atoms with van der Waals surface area (Å²) in [7, 11) is 1.08. The summed E-state index contributed by atoms with van der Waals surface area (Å²) in [6.45, 7) is 8.87. The standard InChI is InChI=1S/C13H26O3Si/c1-5-9-17(11-8-15-4)10-6-7-16-13(14)12(2)3/h17H,2,5-11H2,1,3-4H3. The molecule has 0 heterocycles. The Morgan fingerprint density at radius 2 is 1.94 bits per heavy atom. The highest BCUT2D eigenvalue weighted by molar-refractivity contribution is 6.58. The average molecular weight is 258 g/mol. The molecule has 3 nitrogen and oxygen atoms in total. The van der Waals surface area contributed by atoms with Crippen molar-refractivity contribution in [1.29, 1.82) is 0 Å². The van der Waals surface area contributed by atoms with E-state index in [4.69, 9.17) is 9.47 Å². The quantitative estimate of drug-likeness (QED) is 0.262. The minimum Gasteiger partial charge on any atom is -0.462 e. The van der Waals surface area contributed by atoms with Crippen molar-refractivity contribution in [2.75, 3.05) is 20.3 Å². The third-order valence-electron chi connectivity index (χ3n) is 2.77. The Labute approximate surface area is 107 Å². The molecular weight excluding hydrogens is 232 g/mol. The van der Waals surface area contributed by atoms with Crippen LogP contribution in [0.25, 0.3) is 0 Å². The number of hydrogen-bond donors (Lipinski definition) is 0. The van der Waals surface area contributed by atoms with Crippen molar-refractivity contribution in [3.8, 4) is 0 Å². The van der Waals surface area contributed by atoms with Gasteiger partial charge in [0.2, 0.25) is 0 Å². The number of carbonyl (C=O) groups is 1. The maximum atomic E-state index is 11.2. The second-order valence-corrected chi connectivity index (χ2v) is 7.96. The average Bonchev–Trinajstić information content (AvgIpc) is 2.30. The van der Waals surface area contributed by atoms with Crippen LogP contribution in [-0.4, -0.2) is 35.1 Å². The van der Waals surface area contributed by atoms with Crippen molar-refractivity contribution in [3.63, 3.8) is 0 Å². The summed E-state index contributed by atoms with van der Waals surface area (Å²) >= 11 is 0. The number of ether oxygens (including phenoxy) is 2. The molecule has 0 saturated heterocycles. The van der Waals surface area contributed by atoms with Crippen molar-refractivity contribution in [2.45, 2.75) is 44.8 Å². The lowest BCUT2D eigenvalue weighted by Gasteiger charge is -2.13. The molecule has 1 atom stereocenters. The van der Waals surface area contributed by atoms with Crippen LogP contribution < -0.4 is 0 Å². The van der Waals surface area contributed by atoms with Gasteiger partial charge in [-0.15, -0.1) is 0 Å². The molecule has 0 aliphatic heterocycles. The highest BCUT2D eigenvalue weighted by Gasteiger charge is 2.10. The lowest BCUT2D eigenvalue weighted by molar-refractivity contribution is -0.138. The molecule has 0 radical (unpaired) electrons. The van der Waals surface area contributed by atoms with E-state index < -0.39 is 8.80 Å². The number of carbonyl (C=O) groups excluding carboxylic acids is 1. The zero-order chi connectivity index (χ0) is 13.1. The molecular formula is C13H26O3Si. The lowest BCUT2D eigenvalue weighted by Crippen LogP contribution is -2.16. The SMILES string of the molecule is C=C(C)C(=O)OCCC[SiH](CCC)CCOC. The molecule has 0 bridgehead atoms. The van der Waals surface area contributed by atoms with Crippen LogP contribution in [0.2, 0.25) is 18.1 Å². The van der Waals surface area contributed by atoms with E-state index in [0.29, 0.717) is 12.2 Å². The maximum Gasteiger partial charge on any atom is 0.333 e. The Morgan fingerprint density at radius 1 is 1.24 bits per heavy atom. The second kappa shape index (κ2) is 10.5. The Hall–Kier alpha value is -0.613. The van der Waals surface area contributed by atoms with E-state index >= 15 is 0 Å². The molecule has 0 N–H and O–H groups in total. The first-order valence-electron chi connectivity index (χ1n) is 6.43. The van der Waals surface area contributed by atoms with Gasteiger partial charge in [0.05, 0.1) is 6.61 Å². The van der Waals surface area contributed by atoms with Crippen molar-refractivity contribution < 1.29 is 14.3 Å². The molecule has 0 fully saturated rings. The van der Waals surface area contributed by atoms with Crippen LogP contribution in [0.3, 0.4) is 0 Å². The largest absolute Gasteiger partial charge is 0.462 e. The molecule has 0 spiro atoms. The Kier molecular flexibility index (Phi) is 10.2. The number of methoxy groups -OCH3 is 1. The monoisotopic (exact) mass is 258 g/mol. The predicted octanol–water partition coefficient (Wildman–Crippen LogP) is 2.78. The molecule has 0 amide bonds. The highest BCUT2D eigenvalue weighted by Crippen LogP contribution is 2.11. The van der Waals surface area contributed by atoms with Gasteiger partial charge < -0.3 is 9.47 Å². The fourth-order valence-electron chi connectivity index (χ4n) is 1.79. The van der Waals surface area contributed by atoms with E-state index in [1.54, 1.807) is 14.0 Å². The van der Waals surface area contributed by atoms with Crippen LogP contribution in [0.5, 0.6) is 0 Å². The molecule has 0 aromatic carbocycles. The fraction of sp³-hybridized carbons (Fsp3) is 0.769. The summed E-state index contributed by atoms with van der Waals surface area (Å²) in [5, 5.41) is 0. The predicted molar refractivity (Wildman–Crippen MR) is 74.1 cm³/mol. The van der Waals surface area contributed by atoms with Crippen molar-refractivity contribution in [3.05, 3.63) is 12.2 Å². The van der Waals surface area contributed by atoms with Gasteiger partial charge in [0.15, 0.2) is 0 Å². The Bertz CT molecular complexity index is 229. The highest BCUT2D eigenvalue weighted by atomic mass is 28.3. The summed E-state index contributed by atoms with van der Waals surface area (Å²) in [4.78, 5) is 11.2. The number of hydrogen-bond acceptors (Lipinski definition) is 3. The molecule has 0 saturated carbocycles. The minimum atomic E-state index is -0.678. The van der Waals surface area contributed by atoms with Gasteiger partial charge >= 0.3 is 5.97 Å². The van der Waals surface area contributed by atoms with Crippen LogP contribution in [0.4, 0.5) is 0 Å². The van der Waals surface area contributed by atoms with E-state index in [1.807, 2.05) is 0 Å². The molecule has 0 aromatic heterocycles. The first-order chi connectivity index (χ1) is 8.11. The van der Waals surface area contributed by atoms with Gasteiger partial charge in [-0.05, 0) is 19.4 Å².